The number of nitrogens with one attached hydrogen (secondary N) is 2. The zero-order chi connectivity index (χ0) is 17.8. The molecule has 0 spiro atoms. The van der Waals surface area contributed by atoms with Gasteiger partial charge in [0, 0.05) is 13.0 Å². The molecule has 0 saturated carbocycles. The lowest BCUT2D eigenvalue weighted by molar-refractivity contribution is -0.140. The highest BCUT2D eigenvalue weighted by Crippen LogP contribution is 2.13. The number of hydrogen-bond acceptors (Lipinski definition) is 4. The number of rotatable bonds is 9. The van der Waals surface area contributed by atoms with Crippen molar-refractivity contribution < 1.29 is 9.53 Å². The highest BCUT2D eigenvalue weighted by atomic mass is 32.1. The molecule has 0 bridgehead atoms. The number of esters is 1. The van der Waals surface area contributed by atoms with Crippen molar-refractivity contribution in [3.05, 3.63) is 35.4 Å². The monoisotopic (exact) mass is 349 g/mol. The van der Waals surface area contributed by atoms with Crippen LogP contribution >= 0.6 is 12.2 Å². The minimum absolute atomic E-state index is 0.157. The number of nitrogens with zero attached hydrogens (tertiary/aromatic N) is 1. The van der Waals surface area contributed by atoms with Gasteiger partial charge in [-0.1, -0.05) is 44.5 Å². The number of hydrogen-bond donors (Lipinski definition) is 2. The second-order valence-corrected chi connectivity index (χ2v) is 6.24. The van der Waals surface area contributed by atoms with Crippen LogP contribution in [0.25, 0.3) is 0 Å². The van der Waals surface area contributed by atoms with Gasteiger partial charge in [-0.3, -0.25) is 10.2 Å². The predicted octanol–water partition coefficient (Wildman–Crippen LogP) is 3.34. The molecule has 5 nitrogen and oxygen atoms in total. The summed E-state index contributed by atoms with van der Waals surface area (Å²) in [5.74, 6) is 0.370. The summed E-state index contributed by atoms with van der Waals surface area (Å²) in [4.78, 5) is 11.0. The Balaban J connectivity index is 2.16. The van der Waals surface area contributed by atoms with Crippen LogP contribution in [0.15, 0.2) is 29.4 Å². The SMILES string of the molecule is COC(=O)CCCCCNC(=S)N/N=C\c1ccc(C(C)C)cc1. The molecule has 0 aliphatic rings. The Morgan fingerprint density at radius 1 is 1.25 bits per heavy atom. The average molecular weight is 350 g/mol. The Kier molecular flexibility index (Phi) is 9.68. The number of carbonyl (C=O) groups excluding carboxylic acids is 1. The fourth-order valence-electron chi connectivity index (χ4n) is 2.05. The number of hydrazone groups is 1. The van der Waals surface area contributed by atoms with E-state index in [4.69, 9.17) is 12.2 Å². The molecule has 0 heterocycles. The lowest BCUT2D eigenvalue weighted by Gasteiger charge is -2.07. The molecule has 0 atom stereocenters. The summed E-state index contributed by atoms with van der Waals surface area (Å²) in [6.07, 6.45) is 4.95. The fraction of sp³-hybridized carbons (Fsp3) is 0.500. The van der Waals surface area contributed by atoms with Crippen molar-refractivity contribution in [1.29, 1.82) is 0 Å². The first-order chi connectivity index (χ1) is 11.5. The standard InChI is InChI=1S/C18H27N3O2S/c1-14(2)16-10-8-15(9-11-16)13-20-21-18(24)19-12-6-4-5-7-17(22)23-3/h8-11,13-14H,4-7,12H2,1-3H3,(H2,19,21,24)/b20-13-. The van der Waals surface area contributed by atoms with Gasteiger partial charge in [0.05, 0.1) is 13.3 Å². The second kappa shape index (κ2) is 11.6. The van der Waals surface area contributed by atoms with Crippen LogP contribution in [0.1, 0.15) is 56.6 Å². The minimum Gasteiger partial charge on any atom is -0.469 e. The van der Waals surface area contributed by atoms with Crippen LogP contribution < -0.4 is 10.7 Å². The van der Waals surface area contributed by atoms with Gasteiger partial charge in [-0.15, -0.1) is 0 Å². The van der Waals surface area contributed by atoms with Crippen molar-refractivity contribution >= 4 is 29.5 Å². The van der Waals surface area contributed by atoms with Crippen LogP contribution in [-0.2, 0) is 9.53 Å². The molecule has 1 aromatic carbocycles. The summed E-state index contributed by atoms with van der Waals surface area (Å²) in [6, 6.07) is 8.30. The van der Waals surface area contributed by atoms with Crippen LogP contribution in [0, 0.1) is 0 Å². The lowest BCUT2D eigenvalue weighted by Crippen LogP contribution is -2.32. The fourth-order valence-corrected chi connectivity index (χ4v) is 2.20. The van der Waals surface area contributed by atoms with E-state index in [2.05, 4.69) is 46.6 Å². The summed E-state index contributed by atoms with van der Waals surface area (Å²) >= 11 is 5.15. The molecular weight excluding hydrogens is 322 g/mol. The minimum atomic E-state index is -0.157. The smallest absolute Gasteiger partial charge is 0.305 e. The predicted molar refractivity (Wildman–Crippen MR) is 102 cm³/mol. The van der Waals surface area contributed by atoms with Gasteiger partial charge in [-0.05, 0) is 42.1 Å². The van der Waals surface area contributed by atoms with Crippen molar-refractivity contribution in [3.63, 3.8) is 0 Å². The third-order valence-electron chi connectivity index (χ3n) is 3.55. The molecular formula is C18H27N3O2S. The van der Waals surface area contributed by atoms with Crippen molar-refractivity contribution in [2.45, 2.75) is 45.4 Å². The highest BCUT2D eigenvalue weighted by molar-refractivity contribution is 7.80. The molecule has 1 rings (SSSR count). The second-order valence-electron chi connectivity index (χ2n) is 5.83. The van der Waals surface area contributed by atoms with Gasteiger partial charge in [0.2, 0.25) is 0 Å². The molecule has 0 unspecified atom stereocenters. The molecule has 2 N–H and O–H groups in total. The van der Waals surface area contributed by atoms with Crippen molar-refractivity contribution in [3.8, 4) is 0 Å². The van der Waals surface area contributed by atoms with Crippen molar-refractivity contribution in [1.82, 2.24) is 10.7 Å². The number of unbranched alkanes of at least 4 members (excludes halogenated alkanes) is 2. The van der Waals surface area contributed by atoms with Gasteiger partial charge in [0.25, 0.3) is 0 Å². The number of carbonyl (C=O) groups is 1. The lowest BCUT2D eigenvalue weighted by atomic mass is 10.0. The average Bonchev–Trinajstić information content (AvgIpc) is 2.58. The molecule has 0 aliphatic carbocycles. The summed E-state index contributed by atoms with van der Waals surface area (Å²) in [7, 11) is 1.41. The Labute approximate surface area is 149 Å². The number of ether oxygens (including phenoxy) is 1. The number of methoxy groups -OCH3 is 1. The van der Waals surface area contributed by atoms with E-state index in [0.29, 0.717) is 17.5 Å². The van der Waals surface area contributed by atoms with E-state index in [1.165, 1.54) is 12.7 Å². The van der Waals surface area contributed by atoms with Crippen LogP contribution in [0.2, 0.25) is 0 Å². The summed E-state index contributed by atoms with van der Waals surface area (Å²) in [5, 5.41) is 7.71. The zero-order valence-corrected chi connectivity index (χ0v) is 15.5. The molecule has 0 amide bonds. The van der Waals surface area contributed by atoms with Crippen LogP contribution in [-0.4, -0.2) is 31.0 Å². The van der Waals surface area contributed by atoms with Gasteiger partial charge >= 0.3 is 5.97 Å². The Morgan fingerprint density at radius 2 is 1.96 bits per heavy atom. The third-order valence-corrected chi connectivity index (χ3v) is 3.79. The first-order valence-corrected chi connectivity index (χ1v) is 8.67. The number of thiocarbonyl (C=S) groups is 1. The van der Waals surface area contributed by atoms with E-state index in [-0.39, 0.29) is 5.97 Å². The maximum atomic E-state index is 11.0. The first-order valence-electron chi connectivity index (χ1n) is 8.26. The third kappa shape index (κ3) is 8.62. The topological polar surface area (TPSA) is 62.7 Å². The molecule has 0 radical (unpaired) electrons. The van der Waals surface area contributed by atoms with Crippen LogP contribution in [0.5, 0.6) is 0 Å². The number of benzene rings is 1. The van der Waals surface area contributed by atoms with E-state index in [9.17, 15) is 4.79 Å². The maximum Gasteiger partial charge on any atom is 0.305 e. The normalized spacial score (nSPS) is 10.8. The van der Waals surface area contributed by atoms with Crippen molar-refractivity contribution in [2.75, 3.05) is 13.7 Å². The van der Waals surface area contributed by atoms with Gasteiger partial charge in [-0.25, -0.2) is 0 Å². The van der Waals surface area contributed by atoms with Crippen molar-refractivity contribution in [2.24, 2.45) is 5.10 Å². The Hall–Kier alpha value is -1.95. The summed E-state index contributed by atoms with van der Waals surface area (Å²) < 4.78 is 4.59. The molecule has 6 heteroatoms. The molecule has 0 saturated heterocycles. The maximum absolute atomic E-state index is 11.0. The molecule has 132 valence electrons. The van der Waals surface area contributed by atoms with Gasteiger partial charge in [0.15, 0.2) is 5.11 Å². The van der Waals surface area contributed by atoms with E-state index in [1.54, 1.807) is 6.21 Å². The van der Waals surface area contributed by atoms with Crippen LogP contribution in [0.3, 0.4) is 0 Å². The zero-order valence-electron chi connectivity index (χ0n) is 14.7. The van der Waals surface area contributed by atoms with E-state index >= 15 is 0 Å². The quantitative estimate of drug-likeness (QED) is 0.235. The summed E-state index contributed by atoms with van der Waals surface area (Å²) in [5.41, 5.74) is 5.14. The van der Waals surface area contributed by atoms with Gasteiger partial charge in [0.1, 0.15) is 0 Å². The molecule has 1 aromatic rings. The van der Waals surface area contributed by atoms with E-state index in [1.807, 2.05) is 12.1 Å². The molecule has 0 fully saturated rings. The Bertz CT molecular complexity index is 542. The Morgan fingerprint density at radius 3 is 2.58 bits per heavy atom. The van der Waals surface area contributed by atoms with Crippen LogP contribution in [0.4, 0.5) is 0 Å². The highest BCUT2D eigenvalue weighted by Gasteiger charge is 2.00. The molecule has 24 heavy (non-hydrogen) atoms. The largest absolute Gasteiger partial charge is 0.469 e. The van der Waals surface area contributed by atoms with E-state index in [0.717, 1.165) is 31.4 Å². The molecule has 0 aromatic heterocycles. The van der Waals surface area contributed by atoms with E-state index < -0.39 is 0 Å². The van der Waals surface area contributed by atoms with Gasteiger partial charge in [-0.2, -0.15) is 5.10 Å². The first kappa shape index (κ1) is 20.1. The molecule has 0 aliphatic heterocycles. The summed E-state index contributed by atoms with van der Waals surface area (Å²) in [6.45, 7) is 5.10. The van der Waals surface area contributed by atoms with Gasteiger partial charge < -0.3 is 10.1 Å².